The second-order valence-corrected chi connectivity index (χ2v) is 24.6. The van der Waals surface area contributed by atoms with E-state index < -0.39 is 16.6 Å². The maximum atomic E-state index is 7.22. The third-order valence-corrected chi connectivity index (χ3v) is 19.2. The molecule has 1 aliphatic carbocycles. The van der Waals surface area contributed by atoms with E-state index in [0.29, 0.717) is 30.5 Å². The fourth-order valence-electron chi connectivity index (χ4n) is 5.85. The minimum Gasteiger partial charge on any atom is -0.539 e. The van der Waals surface area contributed by atoms with Gasteiger partial charge >= 0.3 is 0 Å². The third-order valence-electron chi connectivity index (χ3n) is 10.4. The Labute approximate surface area is 254 Å². The molecule has 7 nitrogen and oxygen atoms in total. The Bertz CT molecular complexity index is 1300. The van der Waals surface area contributed by atoms with Crippen LogP contribution in [-0.2, 0) is 9.16 Å². The van der Waals surface area contributed by atoms with Crippen LogP contribution in [0.15, 0.2) is 24.3 Å². The van der Waals surface area contributed by atoms with Gasteiger partial charge in [0.2, 0.25) is 6.79 Å². The fraction of sp³-hybridized carbons (Fsp3) is 0.636. The Hall–Kier alpha value is -2.21. The number of ether oxygens (including phenoxy) is 5. The maximum absolute atomic E-state index is 7.22. The molecule has 0 bridgehead atoms. The predicted octanol–water partition coefficient (Wildman–Crippen LogP) is 8.29. The van der Waals surface area contributed by atoms with Gasteiger partial charge in [-0.15, -0.1) is 0 Å². The molecule has 0 N–H and O–H groups in total. The van der Waals surface area contributed by atoms with Gasteiger partial charge in [-0.1, -0.05) is 41.5 Å². The highest BCUT2D eigenvalue weighted by Gasteiger charge is 2.51. The Morgan fingerprint density at radius 2 is 1.24 bits per heavy atom. The minimum absolute atomic E-state index is 0.0278. The third kappa shape index (κ3) is 5.35. The van der Waals surface area contributed by atoms with E-state index in [1.54, 1.807) is 14.2 Å². The summed E-state index contributed by atoms with van der Waals surface area (Å²) in [4.78, 5) is 0. The lowest BCUT2D eigenvalue weighted by Crippen LogP contribution is -2.45. The Morgan fingerprint density at radius 3 is 1.76 bits per heavy atom. The topological polar surface area (TPSA) is 64.6 Å². The Balaban J connectivity index is 1.66. The van der Waals surface area contributed by atoms with E-state index >= 15 is 0 Å². The van der Waals surface area contributed by atoms with Crippen LogP contribution in [-0.4, -0.2) is 50.9 Å². The molecule has 2 aromatic rings. The monoisotopic (exact) mass is 614 g/mol. The number of hydrogen-bond acceptors (Lipinski definition) is 7. The highest BCUT2D eigenvalue weighted by molar-refractivity contribution is 6.75. The van der Waals surface area contributed by atoms with Gasteiger partial charge in [0.05, 0.1) is 33.5 Å². The van der Waals surface area contributed by atoms with Crippen LogP contribution >= 0.6 is 0 Å². The molecule has 0 aromatic heterocycles. The average molecular weight is 615 g/mol. The minimum atomic E-state index is -2.16. The van der Waals surface area contributed by atoms with Gasteiger partial charge in [-0.3, -0.25) is 0 Å². The molecular formula is C33H50O7Si2. The lowest BCUT2D eigenvalue weighted by Gasteiger charge is -2.46. The summed E-state index contributed by atoms with van der Waals surface area (Å²) in [6, 6.07) is 8.58. The van der Waals surface area contributed by atoms with Gasteiger partial charge in [-0.2, -0.15) is 0 Å². The molecule has 3 aliphatic rings. The lowest BCUT2D eigenvalue weighted by molar-refractivity contribution is 0.0775. The quantitative estimate of drug-likeness (QED) is 0.291. The molecule has 2 heterocycles. The molecule has 232 valence electrons. The smallest absolute Gasteiger partial charge is 0.250 e. The van der Waals surface area contributed by atoms with Gasteiger partial charge < -0.3 is 32.5 Å². The van der Waals surface area contributed by atoms with Gasteiger partial charge in [0.25, 0.3) is 8.32 Å². The van der Waals surface area contributed by atoms with Crippen LogP contribution in [0.1, 0.15) is 70.3 Å². The number of benzene rings is 2. The first-order valence-electron chi connectivity index (χ1n) is 15.1. The molecule has 1 fully saturated rings. The summed E-state index contributed by atoms with van der Waals surface area (Å²) in [5, 5.41) is 0.107. The summed E-state index contributed by atoms with van der Waals surface area (Å²) in [6.07, 6.45) is -0.0795. The summed E-state index contributed by atoms with van der Waals surface area (Å²) in [6.45, 7) is 24.3. The molecule has 2 aliphatic heterocycles. The van der Waals surface area contributed by atoms with Crippen molar-refractivity contribution in [1.82, 2.24) is 0 Å². The molecule has 42 heavy (non-hydrogen) atoms. The molecule has 0 amide bonds. The van der Waals surface area contributed by atoms with E-state index in [0.717, 1.165) is 17.1 Å². The molecule has 0 saturated carbocycles. The van der Waals surface area contributed by atoms with Crippen LogP contribution in [0, 0.1) is 11.8 Å². The summed E-state index contributed by atoms with van der Waals surface area (Å²) in [7, 11) is -0.857. The molecular weight excluding hydrogens is 565 g/mol. The van der Waals surface area contributed by atoms with E-state index in [2.05, 4.69) is 92.0 Å². The zero-order valence-corrected chi connectivity index (χ0v) is 29.6. The highest BCUT2D eigenvalue weighted by Crippen LogP contribution is 2.58. The van der Waals surface area contributed by atoms with Crippen LogP contribution in [0.25, 0.3) is 0 Å². The Kier molecular flexibility index (Phi) is 7.99. The summed E-state index contributed by atoms with van der Waals surface area (Å²) < 4.78 is 44.0. The van der Waals surface area contributed by atoms with Crippen LogP contribution < -0.4 is 23.4 Å². The molecule has 2 aromatic carbocycles. The first-order valence-corrected chi connectivity index (χ1v) is 20.9. The second-order valence-electron chi connectivity index (χ2n) is 15.1. The van der Waals surface area contributed by atoms with E-state index in [1.807, 2.05) is 0 Å². The predicted molar refractivity (Wildman–Crippen MR) is 171 cm³/mol. The summed E-state index contributed by atoms with van der Waals surface area (Å²) in [5.74, 6) is 4.06. The van der Waals surface area contributed by atoms with Crippen molar-refractivity contribution in [2.75, 3.05) is 34.2 Å². The molecule has 1 saturated heterocycles. The van der Waals surface area contributed by atoms with E-state index in [9.17, 15) is 0 Å². The van der Waals surface area contributed by atoms with Crippen molar-refractivity contribution in [2.45, 2.75) is 89.8 Å². The molecule has 0 unspecified atom stereocenters. The maximum Gasteiger partial charge on any atom is 0.250 e. The van der Waals surface area contributed by atoms with Crippen LogP contribution in [0.4, 0.5) is 0 Å². The van der Waals surface area contributed by atoms with Crippen LogP contribution in [0.3, 0.4) is 0 Å². The largest absolute Gasteiger partial charge is 0.539 e. The number of rotatable bonds is 7. The van der Waals surface area contributed by atoms with Gasteiger partial charge in [-0.05, 0) is 77.2 Å². The van der Waals surface area contributed by atoms with Crippen LogP contribution in [0.5, 0.6) is 28.7 Å². The van der Waals surface area contributed by atoms with E-state index in [1.165, 1.54) is 11.1 Å². The molecule has 5 rings (SSSR count). The number of hydrogen-bond donors (Lipinski definition) is 0. The van der Waals surface area contributed by atoms with Gasteiger partial charge in [0, 0.05) is 17.8 Å². The average Bonchev–Trinajstić information content (AvgIpc) is 3.55. The highest BCUT2D eigenvalue weighted by atomic mass is 28.4. The van der Waals surface area contributed by atoms with Crippen molar-refractivity contribution in [1.29, 1.82) is 0 Å². The molecule has 0 spiro atoms. The van der Waals surface area contributed by atoms with Crippen molar-refractivity contribution >= 4 is 16.6 Å². The van der Waals surface area contributed by atoms with Gasteiger partial charge in [0.15, 0.2) is 37.1 Å². The van der Waals surface area contributed by atoms with Crippen molar-refractivity contribution in [3.8, 4) is 28.7 Å². The zero-order chi connectivity index (χ0) is 30.8. The first kappa shape index (κ1) is 31.2. The van der Waals surface area contributed by atoms with E-state index in [-0.39, 0.29) is 40.7 Å². The fourth-order valence-corrected chi connectivity index (χ4v) is 8.16. The molecule has 4 atom stereocenters. The first-order chi connectivity index (χ1) is 19.5. The summed E-state index contributed by atoms with van der Waals surface area (Å²) in [5.41, 5.74) is 3.47. The van der Waals surface area contributed by atoms with Crippen molar-refractivity contribution in [3.05, 3.63) is 41.0 Å². The van der Waals surface area contributed by atoms with Crippen molar-refractivity contribution in [3.63, 3.8) is 0 Å². The molecule has 9 heteroatoms. The number of fused-ring (bicyclic) bond motifs is 3. The van der Waals surface area contributed by atoms with Crippen molar-refractivity contribution < 1.29 is 32.5 Å². The molecule has 0 radical (unpaired) electrons. The van der Waals surface area contributed by atoms with Gasteiger partial charge in [-0.25, -0.2) is 0 Å². The Morgan fingerprint density at radius 1 is 0.714 bits per heavy atom. The SMILES string of the molecule is COc1cc([C@@H]2c3cc4c(cc3[C@@H](O[Si](C)(C)C(C)(C)C)[C@H]3COC[C@H]23)OCO4)cc(OC)c1O[Si](C)(C)C(C)(C)C. The van der Waals surface area contributed by atoms with Crippen LogP contribution in [0.2, 0.25) is 36.3 Å². The summed E-state index contributed by atoms with van der Waals surface area (Å²) >= 11 is 0. The zero-order valence-electron chi connectivity index (χ0n) is 27.6. The van der Waals surface area contributed by atoms with E-state index in [4.69, 9.17) is 32.5 Å². The number of methoxy groups -OCH3 is 2. The standard InChI is InChI=1S/C33H50O7Si2/c1-32(2,3)41(9,10)39-30-22-16-26-25(37-19-38-26)15-21(22)29(23-17-36-18-24(23)30)20-13-27(34-7)31(28(14-20)35-8)40-42(11,12)33(4,5)6/h13-16,23-24,29-30H,17-19H2,1-12H3/t23-,24-,29+,30+/m0/s1. The second kappa shape index (κ2) is 10.8. The lowest BCUT2D eigenvalue weighted by atomic mass is 9.66. The normalized spacial score (nSPS) is 23.8. The van der Waals surface area contributed by atoms with Gasteiger partial charge in [0.1, 0.15) is 0 Å². The van der Waals surface area contributed by atoms with Crippen molar-refractivity contribution in [2.24, 2.45) is 11.8 Å².